The molecule has 54 valence electrons. The van der Waals surface area contributed by atoms with Crippen molar-refractivity contribution in [3.63, 3.8) is 0 Å². The van der Waals surface area contributed by atoms with Crippen LogP contribution in [0.2, 0.25) is 0 Å². The van der Waals surface area contributed by atoms with E-state index in [1.54, 1.807) is 0 Å². The number of hydrogen-bond donors (Lipinski definition) is 2. The number of hydrogen-bond acceptors (Lipinski definition) is 2. The molecule has 2 N–H and O–H groups in total. The van der Waals surface area contributed by atoms with E-state index in [1.807, 2.05) is 7.05 Å². The van der Waals surface area contributed by atoms with Crippen LogP contribution in [0.25, 0.3) is 0 Å². The summed E-state index contributed by atoms with van der Waals surface area (Å²) >= 11 is 0. The molecule has 2 nitrogen and oxygen atoms in total. The van der Waals surface area contributed by atoms with Crippen LogP contribution in [-0.2, 0) is 0 Å². The van der Waals surface area contributed by atoms with E-state index in [0.717, 1.165) is 25.0 Å². The SMILES string of the molecule is CNCCNC1CC1C. The van der Waals surface area contributed by atoms with Gasteiger partial charge in [-0.05, 0) is 19.4 Å². The molecule has 0 aliphatic heterocycles. The first kappa shape index (κ1) is 7.03. The summed E-state index contributed by atoms with van der Waals surface area (Å²) in [5.74, 6) is 0.932. The molecule has 1 aliphatic carbocycles. The molecule has 1 saturated carbocycles. The number of likely N-dealkylation sites (N-methyl/N-ethyl adjacent to an activating group) is 1. The van der Waals surface area contributed by atoms with E-state index in [4.69, 9.17) is 0 Å². The summed E-state index contributed by atoms with van der Waals surface area (Å²) in [6.45, 7) is 4.49. The van der Waals surface area contributed by atoms with Crippen molar-refractivity contribution in [2.75, 3.05) is 20.1 Å². The molecule has 0 bridgehead atoms. The maximum absolute atomic E-state index is 3.44. The van der Waals surface area contributed by atoms with Crippen LogP contribution in [0, 0.1) is 5.92 Å². The van der Waals surface area contributed by atoms with Crippen molar-refractivity contribution >= 4 is 0 Å². The van der Waals surface area contributed by atoms with E-state index >= 15 is 0 Å². The fraction of sp³-hybridized carbons (Fsp3) is 1.00. The van der Waals surface area contributed by atoms with Gasteiger partial charge in [-0.15, -0.1) is 0 Å². The third kappa shape index (κ3) is 2.33. The van der Waals surface area contributed by atoms with Gasteiger partial charge in [-0.3, -0.25) is 0 Å². The summed E-state index contributed by atoms with van der Waals surface area (Å²) in [6, 6.07) is 0.832. The van der Waals surface area contributed by atoms with Crippen molar-refractivity contribution < 1.29 is 0 Å². The van der Waals surface area contributed by atoms with Gasteiger partial charge in [-0.25, -0.2) is 0 Å². The smallest absolute Gasteiger partial charge is 0.00969 e. The van der Waals surface area contributed by atoms with Crippen LogP contribution in [0.1, 0.15) is 13.3 Å². The lowest BCUT2D eigenvalue weighted by molar-refractivity contribution is 0.624. The highest BCUT2D eigenvalue weighted by molar-refractivity contribution is 4.89. The predicted octanol–water partition coefficient (Wildman–Crippen LogP) is 0.204. The maximum atomic E-state index is 3.44. The second-order valence-electron chi connectivity index (χ2n) is 2.88. The monoisotopic (exact) mass is 128 g/mol. The Labute approximate surface area is 57.0 Å². The first-order valence-electron chi connectivity index (χ1n) is 3.72. The highest BCUT2D eigenvalue weighted by Gasteiger charge is 2.31. The van der Waals surface area contributed by atoms with Gasteiger partial charge in [0.15, 0.2) is 0 Å². The number of nitrogens with one attached hydrogen (secondary N) is 2. The van der Waals surface area contributed by atoms with Gasteiger partial charge in [0.2, 0.25) is 0 Å². The lowest BCUT2D eigenvalue weighted by atomic mass is 10.5. The summed E-state index contributed by atoms with van der Waals surface area (Å²) in [7, 11) is 1.98. The Morgan fingerprint density at radius 2 is 2.11 bits per heavy atom. The molecule has 1 rings (SSSR count). The van der Waals surface area contributed by atoms with Crippen LogP contribution in [0.5, 0.6) is 0 Å². The Morgan fingerprint density at radius 1 is 1.44 bits per heavy atom. The van der Waals surface area contributed by atoms with E-state index in [2.05, 4.69) is 17.6 Å². The average Bonchev–Trinajstić information content (AvgIpc) is 2.48. The lowest BCUT2D eigenvalue weighted by Crippen LogP contribution is -2.27. The molecule has 0 aromatic carbocycles. The molecule has 0 aromatic rings. The Balaban J connectivity index is 1.83. The molecule has 0 amide bonds. The van der Waals surface area contributed by atoms with E-state index in [1.165, 1.54) is 6.42 Å². The quantitative estimate of drug-likeness (QED) is 0.529. The minimum absolute atomic E-state index is 0.832. The highest BCUT2D eigenvalue weighted by atomic mass is 15.0. The number of rotatable bonds is 4. The third-order valence-electron chi connectivity index (χ3n) is 1.89. The van der Waals surface area contributed by atoms with Crippen molar-refractivity contribution in [2.24, 2.45) is 5.92 Å². The molecular weight excluding hydrogens is 112 g/mol. The largest absolute Gasteiger partial charge is 0.318 e. The molecule has 1 aliphatic rings. The van der Waals surface area contributed by atoms with Crippen molar-refractivity contribution in [2.45, 2.75) is 19.4 Å². The Morgan fingerprint density at radius 3 is 2.56 bits per heavy atom. The summed E-state index contributed by atoms with van der Waals surface area (Å²) in [5.41, 5.74) is 0. The van der Waals surface area contributed by atoms with E-state index in [9.17, 15) is 0 Å². The first-order chi connectivity index (χ1) is 4.34. The summed E-state index contributed by atoms with van der Waals surface area (Å²) in [5, 5.41) is 6.55. The lowest BCUT2D eigenvalue weighted by Gasteiger charge is -2.00. The molecule has 0 aromatic heterocycles. The third-order valence-corrected chi connectivity index (χ3v) is 1.89. The molecule has 0 radical (unpaired) electrons. The zero-order chi connectivity index (χ0) is 6.69. The van der Waals surface area contributed by atoms with Crippen LogP contribution in [0.3, 0.4) is 0 Å². The van der Waals surface area contributed by atoms with Gasteiger partial charge in [0.1, 0.15) is 0 Å². The Hall–Kier alpha value is -0.0800. The predicted molar refractivity (Wildman–Crippen MR) is 39.5 cm³/mol. The van der Waals surface area contributed by atoms with Gasteiger partial charge in [-0.2, -0.15) is 0 Å². The van der Waals surface area contributed by atoms with Gasteiger partial charge in [0.25, 0.3) is 0 Å². The van der Waals surface area contributed by atoms with Crippen molar-refractivity contribution in [3.05, 3.63) is 0 Å². The second kappa shape index (κ2) is 3.18. The molecule has 1 fully saturated rings. The van der Waals surface area contributed by atoms with Crippen LogP contribution in [-0.4, -0.2) is 26.2 Å². The second-order valence-corrected chi connectivity index (χ2v) is 2.88. The summed E-state index contributed by atoms with van der Waals surface area (Å²) < 4.78 is 0. The van der Waals surface area contributed by atoms with Gasteiger partial charge in [-0.1, -0.05) is 6.92 Å². The zero-order valence-corrected chi connectivity index (χ0v) is 6.28. The Kier molecular flexibility index (Phi) is 2.49. The average molecular weight is 128 g/mol. The van der Waals surface area contributed by atoms with Crippen LogP contribution in [0.4, 0.5) is 0 Å². The molecule has 9 heavy (non-hydrogen) atoms. The standard InChI is InChI=1S/C7H16N2/c1-6-5-7(6)9-4-3-8-2/h6-9H,3-5H2,1-2H3. The molecule has 0 saturated heterocycles. The molecule has 0 spiro atoms. The normalized spacial score (nSPS) is 32.7. The molecule has 0 heterocycles. The zero-order valence-electron chi connectivity index (χ0n) is 6.28. The summed E-state index contributed by atoms with van der Waals surface area (Å²) in [4.78, 5) is 0. The maximum Gasteiger partial charge on any atom is 0.00969 e. The fourth-order valence-electron chi connectivity index (χ4n) is 0.989. The van der Waals surface area contributed by atoms with Crippen molar-refractivity contribution in [1.29, 1.82) is 0 Å². The van der Waals surface area contributed by atoms with Gasteiger partial charge < -0.3 is 10.6 Å². The van der Waals surface area contributed by atoms with Gasteiger partial charge >= 0.3 is 0 Å². The van der Waals surface area contributed by atoms with Crippen molar-refractivity contribution in [1.82, 2.24) is 10.6 Å². The van der Waals surface area contributed by atoms with Gasteiger partial charge in [0.05, 0.1) is 0 Å². The minimum Gasteiger partial charge on any atom is -0.318 e. The minimum atomic E-state index is 0.832. The molecule has 2 unspecified atom stereocenters. The topological polar surface area (TPSA) is 24.1 Å². The van der Waals surface area contributed by atoms with Gasteiger partial charge in [0, 0.05) is 19.1 Å². The van der Waals surface area contributed by atoms with Crippen LogP contribution in [0.15, 0.2) is 0 Å². The van der Waals surface area contributed by atoms with E-state index in [0.29, 0.717) is 0 Å². The fourth-order valence-corrected chi connectivity index (χ4v) is 0.989. The van der Waals surface area contributed by atoms with Crippen molar-refractivity contribution in [3.8, 4) is 0 Å². The first-order valence-corrected chi connectivity index (χ1v) is 3.72. The summed E-state index contributed by atoms with van der Waals surface area (Å²) in [6.07, 6.45) is 1.38. The molecular formula is C7H16N2. The highest BCUT2D eigenvalue weighted by Crippen LogP contribution is 2.28. The van der Waals surface area contributed by atoms with Crippen LogP contribution >= 0.6 is 0 Å². The molecule has 2 atom stereocenters. The van der Waals surface area contributed by atoms with E-state index < -0.39 is 0 Å². The Bertz CT molecular complexity index is 83.0. The van der Waals surface area contributed by atoms with E-state index in [-0.39, 0.29) is 0 Å². The molecule has 2 heteroatoms. The van der Waals surface area contributed by atoms with Crippen LogP contribution < -0.4 is 10.6 Å².